The third-order valence-electron chi connectivity index (χ3n) is 10.3. The molecule has 56 heavy (non-hydrogen) atoms. The van der Waals surface area contributed by atoms with E-state index in [-0.39, 0.29) is 32.0 Å². The molecule has 0 aliphatic heterocycles. The number of likely N-dealkylation sites (N-methyl/N-ethyl adjacent to an activating group) is 1. The van der Waals surface area contributed by atoms with Crippen LogP contribution in [0.15, 0.2) is 12.2 Å². The predicted molar refractivity (Wildman–Crippen MR) is 231 cm³/mol. The lowest BCUT2D eigenvalue weighted by Crippen LogP contribution is -2.37. The highest BCUT2D eigenvalue weighted by Crippen LogP contribution is 2.38. The normalized spacial score (nSPS) is 13.6. The Morgan fingerprint density at radius 3 is 1.32 bits per heavy atom. The van der Waals surface area contributed by atoms with Crippen molar-refractivity contribution in [1.29, 1.82) is 0 Å². The number of quaternary nitrogens is 1. The van der Waals surface area contributed by atoms with E-state index in [1.807, 2.05) is 21.1 Å². The molecule has 2 atom stereocenters. The number of esters is 2. The van der Waals surface area contributed by atoms with Gasteiger partial charge in [0.1, 0.15) is 19.8 Å². The molecule has 0 bridgehead atoms. The maximum absolute atomic E-state index is 12.7. The monoisotopic (exact) mass is 816 g/mol. The molecule has 0 heterocycles. The highest BCUT2D eigenvalue weighted by Gasteiger charge is 2.21. The molecular formula is C46H90NO8P. The van der Waals surface area contributed by atoms with E-state index in [4.69, 9.17) is 18.5 Å². The molecule has 0 aromatic rings. The molecule has 0 aliphatic carbocycles. The topological polar surface area (TPSA) is 111 Å². The summed E-state index contributed by atoms with van der Waals surface area (Å²) in [6, 6.07) is 0. The number of rotatable bonds is 43. The van der Waals surface area contributed by atoms with Crippen LogP contribution in [0.3, 0.4) is 0 Å². The van der Waals surface area contributed by atoms with Gasteiger partial charge in [-0.1, -0.05) is 180 Å². The van der Waals surface area contributed by atoms with Gasteiger partial charge in [-0.25, -0.2) is 0 Å². The Morgan fingerprint density at radius 2 is 0.911 bits per heavy atom. The molecule has 0 saturated heterocycles. The van der Waals surface area contributed by atoms with E-state index in [0.717, 1.165) is 38.5 Å². The summed E-state index contributed by atoms with van der Waals surface area (Å²) in [6.07, 6.45) is 40.9. The van der Waals surface area contributed by atoms with E-state index in [1.165, 1.54) is 148 Å². The molecule has 0 aromatic heterocycles. The van der Waals surface area contributed by atoms with Gasteiger partial charge in [0.2, 0.25) is 0 Å². The van der Waals surface area contributed by atoms with Crippen molar-refractivity contribution >= 4 is 19.8 Å². The molecule has 0 rings (SSSR count). The number of unbranched alkanes of at least 4 members (excludes halogenated alkanes) is 27. The van der Waals surface area contributed by atoms with E-state index >= 15 is 0 Å². The number of carbonyl (C=O) groups is 2. The first-order valence-electron chi connectivity index (χ1n) is 23.4. The zero-order chi connectivity index (χ0) is 41.4. The highest BCUT2D eigenvalue weighted by atomic mass is 31.2. The summed E-state index contributed by atoms with van der Waals surface area (Å²) >= 11 is 0. The van der Waals surface area contributed by atoms with Crippen LogP contribution in [0.2, 0.25) is 0 Å². The van der Waals surface area contributed by atoms with Crippen LogP contribution in [0.1, 0.15) is 219 Å². The van der Waals surface area contributed by atoms with Crippen LogP contribution in [-0.2, 0) is 32.7 Å². The second-order valence-corrected chi connectivity index (χ2v) is 18.5. The van der Waals surface area contributed by atoms with E-state index in [2.05, 4.69) is 26.0 Å². The molecule has 0 aromatic carbocycles. The first-order chi connectivity index (χ1) is 27.0. The van der Waals surface area contributed by atoms with Crippen molar-refractivity contribution in [2.75, 3.05) is 47.5 Å². The summed E-state index contributed by atoms with van der Waals surface area (Å²) < 4.78 is 33.9. The number of allylic oxidation sites excluding steroid dienone is 2. The Morgan fingerprint density at radius 1 is 0.536 bits per heavy atom. The lowest BCUT2D eigenvalue weighted by molar-refractivity contribution is -0.870. The number of phosphoric ester groups is 1. The van der Waals surface area contributed by atoms with Gasteiger partial charge in [-0.2, -0.15) is 0 Å². The molecular weight excluding hydrogens is 725 g/mol. The third-order valence-corrected chi connectivity index (χ3v) is 11.2. The number of carbonyl (C=O) groups excluding carboxylic acids is 2. The first-order valence-corrected chi connectivity index (χ1v) is 24.9. The molecule has 0 N–H and O–H groups in total. The van der Waals surface area contributed by atoms with Crippen molar-refractivity contribution in [3.63, 3.8) is 0 Å². The largest absolute Gasteiger partial charge is 0.756 e. The summed E-state index contributed by atoms with van der Waals surface area (Å²) in [5.41, 5.74) is 0. The SMILES string of the molecule is CCCCCCCC/C=C\CCCCCCCCCCCC(=O)O[C@H](COC(=O)CCCCCCCCCCCCCCC)COP(=O)([O-])OCC[N+](C)(C)C. The number of hydrogen-bond donors (Lipinski definition) is 0. The van der Waals surface area contributed by atoms with Crippen LogP contribution in [0.25, 0.3) is 0 Å². The van der Waals surface area contributed by atoms with Gasteiger partial charge in [-0.15, -0.1) is 0 Å². The molecule has 9 nitrogen and oxygen atoms in total. The smallest absolute Gasteiger partial charge is 0.306 e. The van der Waals surface area contributed by atoms with Crippen LogP contribution < -0.4 is 4.89 Å². The fraction of sp³-hybridized carbons (Fsp3) is 0.913. The molecule has 10 heteroatoms. The van der Waals surface area contributed by atoms with Crippen LogP contribution in [0.4, 0.5) is 0 Å². The standard InChI is InChI=1S/C46H90NO8P/c1-6-8-10-12-14-16-18-20-21-22-23-24-25-27-29-31-33-35-37-39-46(49)55-44(43-54-56(50,51)53-41-40-47(3,4)5)42-52-45(48)38-36-34-32-30-28-26-19-17-15-13-11-9-7-2/h20-21,44H,6-19,22-43H2,1-5H3/b21-20-/t44-/m1/s1. The second-order valence-electron chi connectivity index (χ2n) is 17.1. The minimum absolute atomic E-state index is 0.0279. The Balaban J connectivity index is 4.28. The number of nitrogens with zero attached hydrogens (tertiary/aromatic N) is 1. The average Bonchev–Trinajstić information content (AvgIpc) is 3.15. The molecule has 0 saturated carbocycles. The molecule has 1 unspecified atom stereocenters. The summed E-state index contributed by atoms with van der Waals surface area (Å²) in [7, 11) is 1.18. The van der Waals surface area contributed by atoms with Crippen LogP contribution in [0.5, 0.6) is 0 Å². The quantitative estimate of drug-likeness (QED) is 0.0197. The van der Waals surface area contributed by atoms with Gasteiger partial charge in [0.15, 0.2) is 6.10 Å². The molecule has 0 fully saturated rings. The number of ether oxygens (including phenoxy) is 2. The maximum Gasteiger partial charge on any atom is 0.306 e. The van der Waals surface area contributed by atoms with Gasteiger partial charge in [-0.3, -0.25) is 14.2 Å². The van der Waals surface area contributed by atoms with E-state index in [9.17, 15) is 19.0 Å². The Bertz CT molecular complexity index is 969. The Labute approximate surface area is 346 Å². The fourth-order valence-electron chi connectivity index (χ4n) is 6.59. The number of phosphoric acid groups is 1. The average molecular weight is 816 g/mol. The number of hydrogen-bond acceptors (Lipinski definition) is 8. The van der Waals surface area contributed by atoms with Crippen molar-refractivity contribution in [1.82, 2.24) is 0 Å². The van der Waals surface area contributed by atoms with Gasteiger partial charge in [-0.05, 0) is 38.5 Å². The fourth-order valence-corrected chi connectivity index (χ4v) is 7.32. The maximum atomic E-state index is 12.7. The lowest BCUT2D eigenvalue weighted by atomic mass is 10.0. The molecule has 0 radical (unpaired) electrons. The van der Waals surface area contributed by atoms with Crippen LogP contribution in [-0.4, -0.2) is 70.0 Å². The molecule has 0 amide bonds. The second kappa shape index (κ2) is 39.2. The van der Waals surface area contributed by atoms with Crippen LogP contribution in [0, 0.1) is 0 Å². The van der Waals surface area contributed by atoms with Gasteiger partial charge < -0.3 is 27.9 Å². The summed E-state index contributed by atoms with van der Waals surface area (Å²) in [4.78, 5) is 37.6. The zero-order valence-corrected chi connectivity index (χ0v) is 38.2. The summed E-state index contributed by atoms with van der Waals surface area (Å²) in [6.45, 7) is 4.25. The molecule has 0 spiro atoms. The zero-order valence-electron chi connectivity index (χ0n) is 37.3. The lowest BCUT2D eigenvalue weighted by Gasteiger charge is -2.28. The van der Waals surface area contributed by atoms with Gasteiger partial charge >= 0.3 is 11.9 Å². The van der Waals surface area contributed by atoms with Crippen molar-refractivity contribution in [2.24, 2.45) is 0 Å². The van der Waals surface area contributed by atoms with E-state index in [0.29, 0.717) is 17.4 Å². The van der Waals surface area contributed by atoms with Crippen LogP contribution >= 0.6 is 7.82 Å². The van der Waals surface area contributed by atoms with E-state index in [1.54, 1.807) is 0 Å². The molecule has 0 aliphatic rings. The van der Waals surface area contributed by atoms with Crippen molar-refractivity contribution in [2.45, 2.75) is 225 Å². The van der Waals surface area contributed by atoms with E-state index < -0.39 is 26.5 Å². The van der Waals surface area contributed by atoms with Gasteiger partial charge in [0.05, 0.1) is 27.7 Å². The first kappa shape index (κ1) is 54.8. The minimum atomic E-state index is -4.62. The van der Waals surface area contributed by atoms with Crippen molar-refractivity contribution < 1.29 is 42.1 Å². The predicted octanol–water partition coefficient (Wildman–Crippen LogP) is 12.7. The summed E-state index contributed by atoms with van der Waals surface area (Å²) in [5, 5.41) is 0. The molecule has 332 valence electrons. The summed E-state index contributed by atoms with van der Waals surface area (Å²) in [5.74, 6) is -0.826. The van der Waals surface area contributed by atoms with Gasteiger partial charge in [0.25, 0.3) is 7.82 Å². The Hall–Kier alpha value is -1.25. The van der Waals surface area contributed by atoms with Gasteiger partial charge in [0, 0.05) is 12.8 Å². The van der Waals surface area contributed by atoms with Crippen molar-refractivity contribution in [3.05, 3.63) is 12.2 Å². The Kier molecular flexibility index (Phi) is 38.3. The third kappa shape index (κ3) is 42.4. The van der Waals surface area contributed by atoms with Crippen molar-refractivity contribution in [3.8, 4) is 0 Å². The minimum Gasteiger partial charge on any atom is -0.756 e. The highest BCUT2D eigenvalue weighted by molar-refractivity contribution is 7.45.